The van der Waals surface area contributed by atoms with Crippen LogP contribution < -0.4 is 5.32 Å². The van der Waals surface area contributed by atoms with Crippen molar-refractivity contribution in [3.8, 4) is 0 Å². The van der Waals surface area contributed by atoms with Gasteiger partial charge >= 0.3 is 0 Å². The van der Waals surface area contributed by atoms with Gasteiger partial charge in [-0.15, -0.1) is 0 Å². The van der Waals surface area contributed by atoms with Crippen LogP contribution in [0.4, 0.5) is 0 Å². The van der Waals surface area contributed by atoms with Gasteiger partial charge in [-0.2, -0.15) is 0 Å². The number of nitrogens with one attached hydrogen (secondary N) is 1. The molecule has 4 rings (SSSR count). The van der Waals surface area contributed by atoms with Crippen LogP contribution >= 0.6 is 0 Å². The molecule has 1 aromatic heterocycles. The van der Waals surface area contributed by atoms with Crippen molar-refractivity contribution in [1.82, 2.24) is 15.2 Å². The number of pyridine rings is 1. The number of allylic oxidation sites excluding steroid dienone is 2. The van der Waals surface area contributed by atoms with Crippen molar-refractivity contribution >= 4 is 5.91 Å². The molecule has 0 saturated carbocycles. The molecule has 1 aliphatic heterocycles. The van der Waals surface area contributed by atoms with Gasteiger partial charge in [0.2, 0.25) is 0 Å². The lowest BCUT2D eigenvalue weighted by Gasteiger charge is -2.35. The molecule has 1 fully saturated rings. The Bertz CT molecular complexity index is 1040. The van der Waals surface area contributed by atoms with Gasteiger partial charge in [-0.05, 0) is 75.4 Å². The summed E-state index contributed by atoms with van der Waals surface area (Å²) in [5.74, 6) is 0.426. The quantitative estimate of drug-likeness (QED) is 0.460. The first-order chi connectivity index (χ1) is 16.5. The van der Waals surface area contributed by atoms with Crippen LogP contribution in [0.1, 0.15) is 54.6 Å². The first-order valence-electron chi connectivity index (χ1n) is 12.0. The standard InChI is InChI=1S/C27H32N4O3/c1-20-19-23(31(33)34)10-11-24(20)25(29-27(32)26-9-5-6-15-28-26)14-18-30-16-12-22(13-17-30)21-7-3-2-4-8-21/h2-10,15,19,22,24-25H,11-14,16-18H2,1H3,(H,29,32). The Hall–Kier alpha value is -3.32. The molecular formula is C27H32N4O3. The zero-order chi connectivity index (χ0) is 23.9. The molecule has 0 bridgehead atoms. The molecule has 1 aromatic carbocycles. The number of hydrogen-bond donors (Lipinski definition) is 1. The van der Waals surface area contributed by atoms with Crippen LogP contribution in [0.15, 0.2) is 78.1 Å². The number of carbonyl (C=O) groups excluding carboxylic acids is 1. The second-order valence-electron chi connectivity index (χ2n) is 9.23. The predicted molar refractivity (Wildman–Crippen MR) is 132 cm³/mol. The van der Waals surface area contributed by atoms with Crippen LogP contribution in [0.25, 0.3) is 0 Å². The lowest BCUT2D eigenvalue weighted by atomic mass is 9.83. The summed E-state index contributed by atoms with van der Waals surface area (Å²) in [4.78, 5) is 30.4. The van der Waals surface area contributed by atoms with Gasteiger partial charge in [-0.25, -0.2) is 0 Å². The molecular weight excluding hydrogens is 428 g/mol. The predicted octanol–water partition coefficient (Wildman–Crippen LogP) is 4.58. The van der Waals surface area contributed by atoms with Crippen LogP contribution in [0.2, 0.25) is 0 Å². The van der Waals surface area contributed by atoms with Crippen LogP contribution in [0.5, 0.6) is 0 Å². The normalized spacial score (nSPS) is 20.2. The van der Waals surface area contributed by atoms with Gasteiger partial charge < -0.3 is 10.2 Å². The van der Waals surface area contributed by atoms with E-state index in [-0.39, 0.29) is 28.5 Å². The summed E-state index contributed by atoms with van der Waals surface area (Å²) >= 11 is 0. The molecule has 2 atom stereocenters. The minimum absolute atomic E-state index is 0.0261. The smallest absolute Gasteiger partial charge is 0.270 e. The zero-order valence-corrected chi connectivity index (χ0v) is 19.6. The Balaban J connectivity index is 1.40. The summed E-state index contributed by atoms with van der Waals surface area (Å²) in [5.41, 5.74) is 2.86. The van der Waals surface area contributed by atoms with Crippen LogP contribution in [-0.2, 0) is 0 Å². The average molecular weight is 461 g/mol. The highest BCUT2D eigenvalue weighted by Gasteiger charge is 2.30. The van der Waals surface area contributed by atoms with Gasteiger partial charge in [-0.3, -0.25) is 19.9 Å². The van der Waals surface area contributed by atoms with E-state index in [0.717, 1.165) is 44.5 Å². The molecule has 1 N–H and O–H groups in total. The van der Waals surface area contributed by atoms with E-state index in [1.165, 1.54) is 5.56 Å². The Kier molecular flexibility index (Phi) is 7.85. The highest BCUT2D eigenvalue weighted by Crippen LogP contribution is 2.30. The number of likely N-dealkylation sites (tertiary alicyclic amines) is 1. The van der Waals surface area contributed by atoms with Gasteiger partial charge in [0.15, 0.2) is 0 Å². The van der Waals surface area contributed by atoms with Gasteiger partial charge in [0.1, 0.15) is 5.69 Å². The van der Waals surface area contributed by atoms with Gasteiger partial charge in [0.05, 0.1) is 4.92 Å². The highest BCUT2D eigenvalue weighted by atomic mass is 16.6. The zero-order valence-electron chi connectivity index (χ0n) is 19.6. The van der Waals surface area contributed by atoms with Crippen LogP contribution in [0.3, 0.4) is 0 Å². The SMILES string of the molecule is CC1=CC([N+](=O)[O-])=CCC1C(CCN1CCC(c2ccccc2)CC1)NC(=O)c1ccccn1. The summed E-state index contributed by atoms with van der Waals surface area (Å²) in [6, 6.07) is 15.9. The molecule has 2 aromatic rings. The van der Waals surface area contributed by atoms with E-state index in [0.29, 0.717) is 18.0 Å². The monoisotopic (exact) mass is 460 g/mol. The summed E-state index contributed by atoms with van der Waals surface area (Å²) in [7, 11) is 0. The molecule has 1 aliphatic carbocycles. The second-order valence-corrected chi connectivity index (χ2v) is 9.23. The highest BCUT2D eigenvalue weighted by molar-refractivity contribution is 5.92. The van der Waals surface area contributed by atoms with E-state index in [9.17, 15) is 14.9 Å². The Morgan fingerprint density at radius 3 is 2.56 bits per heavy atom. The van der Waals surface area contributed by atoms with Crippen LogP contribution in [0, 0.1) is 16.0 Å². The summed E-state index contributed by atoms with van der Waals surface area (Å²) in [6.45, 7) is 4.87. The van der Waals surface area contributed by atoms with Crippen molar-refractivity contribution in [1.29, 1.82) is 0 Å². The number of hydrogen-bond acceptors (Lipinski definition) is 5. The van der Waals surface area contributed by atoms with E-state index < -0.39 is 0 Å². The Labute approximate surface area is 200 Å². The number of carbonyl (C=O) groups is 1. The molecule has 2 unspecified atom stereocenters. The molecule has 7 heteroatoms. The number of nitro groups is 1. The first-order valence-corrected chi connectivity index (χ1v) is 12.0. The third-order valence-electron chi connectivity index (χ3n) is 7.07. The van der Waals surface area contributed by atoms with Crippen molar-refractivity contribution in [3.63, 3.8) is 0 Å². The number of benzene rings is 1. The van der Waals surface area contributed by atoms with E-state index in [1.54, 1.807) is 36.5 Å². The summed E-state index contributed by atoms with van der Waals surface area (Å²) < 4.78 is 0. The third kappa shape index (κ3) is 5.97. The molecule has 178 valence electrons. The number of nitrogens with zero attached hydrogens (tertiary/aromatic N) is 3. The first kappa shape index (κ1) is 23.8. The summed E-state index contributed by atoms with van der Waals surface area (Å²) in [5, 5.41) is 14.4. The molecule has 0 spiro atoms. The molecule has 2 heterocycles. The number of amides is 1. The molecule has 34 heavy (non-hydrogen) atoms. The lowest BCUT2D eigenvalue weighted by molar-refractivity contribution is -0.419. The van der Waals surface area contributed by atoms with E-state index >= 15 is 0 Å². The lowest BCUT2D eigenvalue weighted by Crippen LogP contribution is -2.44. The molecule has 7 nitrogen and oxygen atoms in total. The fourth-order valence-electron chi connectivity index (χ4n) is 5.09. The van der Waals surface area contributed by atoms with Crippen molar-refractivity contribution in [3.05, 3.63) is 99.5 Å². The summed E-state index contributed by atoms with van der Waals surface area (Å²) in [6.07, 6.45) is 8.51. The fourth-order valence-corrected chi connectivity index (χ4v) is 5.09. The van der Waals surface area contributed by atoms with Crippen LogP contribution in [-0.4, -0.2) is 46.4 Å². The fraction of sp³-hybridized carbons (Fsp3) is 0.407. The van der Waals surface area contributed by atoms with Crippen molar-refractivity contribution in [2.45, 2.75) is 44.6 Å². The Morgan fingerprint density at radius 2 is 1.91 bits per heavy atom. The van der Waals surface area contributed by atoms with E-state index in [2.05, 4.69) is 45.5 Å². The van der Waals surface area contributed by atoms with Gasteiger partial charge in [0.25, 0.3) is 11.6 Å². The second kappa shape index (κ2) is 11.2. The maximum absolute atomic E-state index is 12.9. The van der Waals surface area contributed by atoms with Crippen molar-refractivity contribution < 1.29 is 9.72 Å². The number of rotatable bonds is 8. The van der Waals surface area contributed by atoms with E-state index in [4.69, 9.17) is 0 Å². The maximum atomic E-state index is 12.9. The third-order valence-corrected chi connectivity index (χ3v) is 7.07. The average Bonchev–Trinajstić information content (AvgIpc) is 2.88. The minimum atomic E-state index is -0.349. The molecule has 1 saturated heterocycles. The number of piperidine rings is 1. The van der Waals surface area contributed by atoms with Gasteiger partial charge in [0, 0.05) is 30.8 Å². The molecule has 2 aliphatic rings. The maximum Gasteiger partial charge on any atom is 0.270 e. The number of aromatic nitrogens is 1. The molecule has 0 radical (unpaired) electrons. The van der Waals surface area contributed by atoms with E-state index in [1.807, 2.05) is 6.92 Å². The minimum Gasteiger partial charge on any atom is -0.347 e. The van der Waals surface area contributed by atoms with Crippen molar-refractivity contribution in [2.24, 2.45) is 5.92 Å². The molecule has 1 amide bonds. The largest absolute Gasteiger partial charge is 0.347 e. The Morgan fingerprint density at radius 1 is 1.18 bits per heavy atom. The topological polar surface area (TPSA) is 88.4 Å². The van der Waals surface area contributed by atoms with Gasteiger partial charge in [-0.1, -0.05) is 42.0 Å². The van der Waals surface area contributed by atoms with Crippen molar-refractivity contribution in [2.75, 3.05) is 19.6 Å².